The predicted molar refractivity (Wildman–Crippen MR) is 73.0 cm³/mol. The van der Waals surface area contributed by atoms with Crippen LogP contribution in [0.5, 0.6) is 0 Å². The summed E-state index contributed by atoms with van der Waals surface area (Å²) in [6.07, 6.45) is 0.107. The van der Waals surface area contributed by atoms with Crippen LogP contribution in [0, 0.1) is 5.92 Å². The van der Waals surface area contributed by atoms with E-state index in [0.29, 0.717) is 4.57 Å². The molecule has 1 unspecified atom stereocenters. The van der Waals surface area contributed by atoms with E-state index in [1.54, 1.807) is 13.8 Å². The Morgan fingerprint density at radius 1 is 1.30 bits per heavy atom. The van der Waals surface area contributed by atoms with Gasteiger partial charge < -0.3 is 9.67 Å². The molecule has 1 aromatic rings. The summed E-state index contributed by atoms with van der Waals surface area (Å²) in [5.41, 5.74) is -1.52. The summed E-state index contributed by atoms with van der Waals surface area (Å²) < 4.78 is 28.0. The molecule has 8 nitrogen and oxygen atoms in total. The van der Waals surface area contributed by atoms with Gasteiger partial charge in [0.2, 0.25) is 10.0 Å². The molecule has 0 aliphatic rings. The van der Waals surface area contributed by atoms with Gasteiger partial charge in [0, 0.05) is 26.8 Å². The minimum Gasteiger partial charge on any atom is -0.391 e. The highest BCUT2D eigenvalue weighted by atomic mass is 32.2. The third-order valence-corrected chi connectivity index (χ3v) is 4.36. The second kappa shape index (κ2) is 5.90. The van der Waals surface area contributed by atoms with E-state index in [1.165, 1.54) is 14.1 Å². The van der Waals surface area contributed by atoms with Gasteiger partial charge in [-0.05, 0) is 5.92 Å². The van der Waals surface area contributed by atoms with Crippen LogP contribution in [0.15, 0.2) is 20.7 Å². The van der Waals surface area contributed by atoms with Crippen molar-refractivity contribution in [2.24, 2.45) is 20.0 Å². The van der Waals surface area contributed by atoms with E-state index in [9.17, 15) is 23.1 Å². The quantitative estimate of drug-likeness (QED) is 0.679. The topological polar surface area (TPSA) is 110 Å². The molecule has 0 fully saturated rings. The van der Waals surface area contributed by atoms with Crippen LogP contribution in [0.1, 0.15) is 13.8 Å². The molecule has 0 radical (unpaired) electrons. The summed E-state index contributed by atoms with van der Waals surface area (Å²) in [5.74, 6) is -0.124. The van der Waals surface area contributed by atoms with Crippen molar-refractivity contribution in [2.75, 3.05) is 6.54 Å². The highest BCUT2D eigenvalue weighted by Crippen LogP contribution is 2.03. The Morgan fingerprint density at radius 3 is 2.35 bits per heavy atom. The largest absolute Gasteiger partial charge is 0.391 e. The van der Waals surface area contributed by atoms with Gasteiger partial charge >= 0.3 is 5.69 Å². The zero-order valence-corrected chi connectivity index (χ0v) is 12.6. The van der Waals surface area contributed by atoms with Crippen LogP contribution >= 0.6 is 0 Å². The lowest BCUT2D eigenvalue weighted by Crippen LogP contribution is -2.43. The minimum absolute atomic E-state index is 0.124. The maximum Gasteiger partial charge on any atom is 0.330 e. The number of nitrogens with zero attached hydrogens (tertiary/aromatic N) is 2. The van der Waals surface area contributed by atoms with Gasteiger partial charge in [-0.2, -0.15) is 0 Å². The molecule has 0 amide bonds. The molecule has 1 heterocycles. The number of aliphatic hydroxyl groups is 1. The first-order chi connectivity index (χ1) is 9.08. The summed E-state index contributed by atoms with van der Waals surface area (Å²) in [5, 5.41) is 9.59. The number of aromatic nitrogens is 2. The Kier molecular flexibility index (Phi) is 4.90. The number of aliphatic hydroxyl groups excluding tert-OH is 1. The maximum atomic E-state index is 12.0. The molecule has 1 rings (SSSR count). The molecule has 20 heavy (non-hydrogen) atoms. The first-order valence-corrected chi connectivity index (χ1v) is 7.50. The molecular formula is C11H19N3O5S. The first kappa shape index (κ1) is 16.6. The molecule has 0 spiro atoms. The fourth-order valence-corrected chi connectivity index (χ4v) is 2.68. The molecule has 0 saturated carbocycles. The number of nitrogens with one attached hydrogen (secondary N) is 1. The van der Waals surface area contributed by atoms with E-state index in [-0.39, 0.29) is 12.5 Å². The van der Waals surface area contributed by atoms with Crippen LogP contribution in [0.3, 0.4) is 0 Å². The van der Waals surface area contributed by atoms with E-state index >= 15 is 0 Å². The summed E-state index contributed by atoms with van der Waals surface area (Å²) in [4.78, 5) is 22.8. The Bertz CT molecular complexity index is 702. The normalized spacial score (nSPS) is 13.7. The van der Waals surface area contributed by atoms with Crippen LogP contribution in [0.25, 0.3) is 0 Å². The average Bonchev–Trinajstić information content (AvgIpc) is 2.37. The van der Waals surface area contributed by atoms with Crippen molar-refractivity contribution in [3.63, 3.8) is 0 Å². The molecule has 0 bridgehead atoms. The fraction of sp³-hybridized carbons (Fsp3) is 0.636. The van der Waals surface area contributed by atoms with Gasteiger partial charge in [-0.3, -0.25) is 9.36 Å². The summed E-state index contributed by atoms with van der Waals surface area (Å²) in [7, 11) is -1.53. The summed E-state index contributed by atoms with van der Waals surface area (Å²) >= 11 is 0. The van der Waals surface area contributed by atoms with Crippen molar-refractivity contribution in [2.45, 2.75) is 24.8 Å². The lowest BCUT2D eigenvalue weighted by molar-refractivity contribution is 0.129. The van der Waals surface area contributed by atoms with Gasteiger partial charge in [-0.15, -0.1) is 0 Å². The van der Waals surface area contributed by atoms with E-state index < -0.39 is 32.3 Å². The number of hydrogen-bond acceptors (Lipinski definition) is 5. The Morgan fingerprint density at radius 2 is 1.85 bits per heavy atom. The van der Waals surface area contributed by atoms with Gasteiger partial charge in [0.05, 0.1) is 6.10 Å². The van der Waals surface area contributed by atoms with Crippen molar-refractivity contribution >= 4 is 10.0 Å². The molecule has 0 aliphatic carbocycles. The first-order valence-electron chi connectivity index (χ1n) is 6.02. The zero-order chi connectivity index (χ0) is 15.7. The van der Waals surface area contributed by atoms with Crippen LogP contribution in [-0.2, 0) is 24.1 Å². The fourth-order valence-electron chi connectivity index (χ4n) is 1.47. The molecular weight excluding hydrogens is 286 g/mol. The van der Waals surface area contributed by atoms with Crippen LogP contribution in [0.2, 0.25) is 0 Å². The smallest absolute Gasteiger partial charge is 0.330 e. The van der Waals surface area contributed by atoms with Crippen LogP contribution in [-0.4, -0.2) is 35.3 Å². The third kappa shape index (κ3) is 3.35. The van der Waals surface area contributed by atoms with Gasteiger partial charge in [-0.25, -0.2) is 17.9 Å². The third-order valence-electron chi connectivity index (χ3n) is 2.96. The number of aryl methyl sites for hydroxylation is 1. The zero-order valence-electron chi connectivity index (χ0n) is 11.8. The van der Waals surface area contributed by atoms with Gasteiger partial charge in [-0.1, -0.05) is 13.8 Å². The highest BCUT2D eigenvalue weighted by molar-refractivity contribution is 7.89. The predicted octanol–water partition coefficient (Wildman–Crippen LogP) is -1.62. The number of rotatable bonds is 5. The van der Waals surface area contributed by atoms with Crippen LogP contribution < -0.4 is 16.0 Å². The second-order valence-electron chi connectivity index (χ2n) is 4.91. The number of hydrogen-bond donors (Lipinski definition) is 2. The maximum absolute atomic E-state index is 12.0. The van der Waals surface area contributed by atoms with Crippen molar-refractivity contribution in [1.82, 2.24) is 13.9 Å². The summed E-state index contributed by atoms with van der Waals surface area (Å²) in [6, 6.07) is 0. The average molecular weight is 305 g/mol. The van der Waals surface area contributed by atoms with Gasteiger partial charge in [0.1, 0.15) is 0 Å². The van der Waals surface area contributed by atoms with Crippen molar-refractivity contribution < 1.29 is 13.5 Å². The van der Waals surface area contributed by atoms with Crippen molar-refractivity contribution in [1.29, 1.82) is 0 Å². The van der Waals surface area contributed by atoms with E-state index in [4.69, 9.17) is 0 Å². The van der Waals surface area contributed by atoms with Gasteiger partial charge in [0.25, 0.3) is 5.56 Å². The monoisotopic (exact) mass is 305 g/mol. The molecule has 2 N–H and O–H groups in total. The van der Waals surface area contributed by atoms with E-state index in [2.05, 4.69) is 4.72 Å². The molecule has 114 valence electrons. The SMILES string of the molecule is CC(C)C(O)CNS(=O)(=O)c1cn(C)c(=O)n(C)c1=O. The molecule has 1 aromatic heterocycles. The second-order valence-corrected chi connectivity index (χ2v) is 6.65. The highest BCUT2D eigenvalue weighted by Gasteiger charge is 2.22. The van der Waals surface area contributed by atoms with E-state index in [0.717, 1.165) is 10.8 Å². The Balaban J connectivity index is 3.18. The lowest BCUT2D eigenvalue weighted by Gasteiger charge is -2.15. The minimum atomic E-state index is -4.08. The number of sulfonamides is 1. The molecule has 1 atom stereocenters. The van der Waals surface area contributed by atoms with Crippen LogP contribution in [0.4, 0.5) is 0 Å². The standard InChI is InChI=1S/C11H19N3O5S/c1-7(2)8(15)5-12-20(18,19)9-6-13(3)11(17)14(4)10(9)16/h6-8,12,15H,5H2,1-4H3. The Hall–Kier alpha value is -1.45. The molecule has 0 aromatic carbocycles. The van der Waals surface area contributed by atoms with Gasteiger partial charge in [0.15, 0.2) is 4.90 Å². The lowest BCUT2D eigenvalue weighted by atomic mass is 10.1. The Labute approximate surface area is 116 Å². The van der Waals surface area contributed by atoms with Crippen molar-refractivity contribution in [3.05, 3.63) is 27.0 Å². The van der Waals surface area contributed by atoms with E-state index in [1.807, 2.05) is 0 Å². The summed E-state index contributed by atoms with van der Waals surface area (Å²) in [6.45, 7) is 3.28. The molecule has 0 aliphatic heterocycles. The molecule has 0 saturated heterocycles. The molecule has 9 heteroatoms. The van der Waals surface area contributed by atoms with Crippen molar-refractivity contribution in [3.8, 4) is 0 Å².